The molecule has 0 radical (unpaired) electrons. The number of nitrogens with two attached hydrogens (primary N) is 1. The van der Waals surface area contributed by atoms with Gasteiger partial charge in [-0.05, 0) is 18.2 Å². The molecule has 0 saturated heterocycles. The van der Waals surface area contributed by atoms with Gasteiger partial charge < -0.3 is 5.73 Å². The third-order valence-corrected chi connectivity index (χ3v) is 2.72. The number of hydrogen-bond acceptors (Lipinski definition) is 3. The number of nitrogens with zero attached hydrogens (tertiary/aromatic N) is 3. The molecule has 16 heavy (non-hydrogen) atoms. The summed E-state index contributed by atoms with van der Waals surface area (Å²) in [6, 6.07) is 5.29. The van der Waals surface area contributed by atoms with E-state index in [9.17, 15) is 0 Å². The minimum Gasteiger partial charge on any atom is -0.324 e. The first-order valence-electron chi connectivity index (χ1n) is 4.27. The number of halogens is 3. The van der Waals surface area contributed by atoms with E-state index >= 15 is 0 Å². The predicted molar refractivity (Wildman–Crippen MR) is 66.5 cm³/mol. The maximum atomic E-state index is 5.91. The van der Waals surface area contributed by atoms with Gasteiger partial charge in [0, 0.05) is 5.69 Å². The fraction of sp³-hybridized carbons (Fsp3) is 0.111. The van der Waals surface area contributed by atoms with Crippen LogP contribution in [0.15, 0.2) is 24.5 Å². The van der Waals surface area contributed by atoms with E-state index in [1.807, 2.05) is 6.07 Å². The molecule has 0 saturated carbocycles. The van der Waals surface area contributed by atoms with Crippen LogP contribution in [0.4, 0.5) is 0 Å². The van der Waals surface area contributed by atoms with Crippen molar-refractivity contribution in [3.05, 3.63) is 40.4 Å². The largest absolute Gasteiger partial charge is 0.324 e. The lowest BCUT2D eigenvalue weighted by atomic mass is 10.3. The smallest absolute Gasteiger partial charge is 0.151 e. The van der Waals surface area contributed by atoms with Crippen molar-refractivity contribution in [3.8, 4) is 5.69 Å². The predicted octanol–water partition coefficient (Wildman–Crippen LogP) is 2.45. The van der Waals surface area contributed by atoms with Gasteiger partial charge >= 0.3 is 0 Å². The Bertz CT molecular complexity index is 483. The molecule has 0 unspecified atom stereocenters. The van der Waals surface area contributed by atoms with E-state index in [-0.39, 0.29) is 12.4 Å². The third-order valence-electron chi connectivity index (χ3n) is 1.98. The van der Waals surface area contributed by atoms with Crippen molar-refractivity contribution in [1.82, 2.24) is 14.8 Å². The molecule has 1 aromatic heterocycles. The number of benzene rings is 1. The summed E-state index contributed by atoms with van der Waals surface area (Å²) < 4.78 is 1.77. The molecule has 2 rings (SSSR count). The van der Waals surface area contributed by atoms with Crippen LogP contribution in [-0.4, -0.2) is 14.8 Å². The molecule has 0 amide bonds. The maximum absolute atomic E-state index is 5.91. The molecule has 86 valence electrons. The van der Waals surface area contributed by atoms with Crippen LogP contribution in [0.3, 0.4) is 0 Å². The molecule has 0 atom stereocenters. The van der Waals surface area contributed by atoms with Gasteiger partial charge in [0.2, 0.25) is 0 Å². The summed E-state index contributed by atoms with van der Waals surface area (Å²) in [5.74, 6) is 0.674. The standard InChI is InChI=1S/C9H8Cl2N4.ClH/c10-7-2-1-6(3-8(7)11)15-5-13-14-9(15)4-12;/h1-3,5H,4,12H2;1H. The molecule has 7 heteroatoms. The molecule has 0 aliphatic heterocycles. The van der Waals surface area contributed by atoms with Crippen molar-refractivity contribution in [3.63, 3.8) is 0 Å². The molecule has 0 spiro atoms. The van der Waals surface area contributed by atoms with Crippen molar-refractivity contribution in [1.29, 1.82) is 0 Å². The van der Waals surface area contributed by atoms with Crippen LogP contribution in [0.2, 0.25) is 10.0 Å². The monoisotopic (exact) mass is 278 g/mol. The van der Waals surface area contributed by atoms with Crippen molar-refractivity contribution in [2.45, 2.75) is 6.54 Å². The normalized spacial score (nSPS) is 9.94. The maximum Gasteiger partial charge on any atom is 0.151 e. The highest BCUT2D eigenvalue weighted by molar-refractivity contribution is 6.42. The molecule has 0 bridgehead atoms. The summed E-state index contributed by atoms with van der Waals surface area (Å²) in [7, 11) is 0. The average molecular weight is 280 g/mol. The van der Waals surface area contributed by atoms with Gasteiger partial charge in [-0.15, -0.1) is 22.6 Å². The van der Waals surface area contributed by atoms with Crippen LogP contribution >= 0.6 is 35.6 Å². The molecule has 1 aromatic carbocycles. The minimum absolute atomic E-state index is 0. The van der Waals surface area contributed by atoms with Gasteiger partial charge in [-0.1, -0.05) is 23.2 Å². The molecule has 0 aliphatic rings. The second-order valence-electron chi connectivity index (χ2n) is 2.92. The average Bonchev–Trinajstić information content (AvgIpc) is 2.70. The van der Waals surface area contributed by atoms with E-state index < -0.39 is 0 Å². The molecule has 2 N–H and O–H groups in total. The third kappa shape index (κ3) is 2.47. The lowest BCUT2D eigenvalue weighted by Crippen LogP contribution is -2.06. The van der Waals surface area contributed by atoms with Gasteiger partial charge in [0.05, 0.1) is 16.6 Å². The van der Waals surface area contributed by atoms with Crippen LogP contribution in [0.5, 0.6) is 0 Å². The summed E-state index contributed by atoms with van der Waals surface area (Å²) in [6.07, 6.45) is 1.59. The van der Waals surface area contributed by atoms with Crippen LogP contribution in [0.25, 0.3) is 5.69 Å². The van der Waals surface area contributed by atoms with E-state index in [2.05, 4.69) is 10.2 Å². The molecule has 2 aromatic rings. The van der Waals surface area contributed by atoms with E-state index in [1.54, 1.807) is 23.0 Å². The fourth-order valence-electron chi connectivity index (χ4n) is 1.25. The van der Waals surface area contributed by atoms with E-state index in [0.717, 1.165) is 5.69 Å². The van der Waals surface area contributed by atoms with Crippen LogP contribution < -0.4 is 5.73 Å². The highest BCUT2D eigenvalue weighted by atomic mass is 35.5. The number of rotatable bonds is 2. The molecule has 4 nitrogen and oxygen atoms in total. The highest BCUT2D eigenvalue weighted by Gasteiger charge is 2.06. The molecule has 0 fully saturated rings. The van der Waals surface area contributed by atoms with Gasteiger partial charge in [0.25, 0.3) is 0 Å². The number of hydrogen-bond donors (Lipinski definition) is 1. The zero-order valence-electron chi connectivity index (χ0n) is 8.10. The first kappa shape index (κ1) is 13.3. The summed E-state index contributed by atoms with van der Waals surface area (Å²) >= 11 is 11.7. The van der Waals surface area contributed by atoms with Crippen molar-refractivity contribution >= 4 is 35.6 Å². The lowest BCUT2D eigenvalue weighted by Gasteiger charge is -2.05. The van der Waals surface area contributed by atoms with Crippen LogP contribution in [0, 0.1) is 0 Å². The SMILES string of the molecule is Cl.NCc1nncn1-c1ccc(Cl)c(Cl)c1. The van der Waals surface area contributed by atoms with Gasteiger partial charge in [-0.3, -0.25) is 4.57 Å². The highest BCUT2D eigenvalue weighted by Crippen LogP contribution is 2.24. The fourth-order valence-corrected chi connectivity index (χ4v) is 1.54. The first-order chi connectivity index (χ1) is 7.22. The first-order valence-corrected chi connectivity index (χ1v) is 5.02. The lowest BCUT2D eigenvalue weighted by molar-refractivity contribution is 0.860. The van der Waals surface area contributed by atoms with Gasteiger partial charge in [-0.2, -0.15) is 0 Å². The second-order valence-corrected chi connectivity index (χ2v) is 3.73. The molecular formula is C9H9Cl3N4. The Morgan fingerprint density at radius 3 is 2.62 bits per heavy atom. The van der Waals surface area contributed by atoms with Crippen molar-refractivity contribution in [2.24, 2.45) is 5.73 Å². The Labute approximate surface area is 109 Å². The van der Waals surface area contributed by atoms with Gasteiger partial charge in [0.1, 0.15) is 6.33 Å². The topological polar surface area (TPSA) is 56.7 Å². The Morgan fingerprint density at radius 2 is 2.00 bits per heavy atom. The molecule has 1 heterocycles. The van der Waals surface area contributed by atoms with E-state index in [4.69, 9.17) is 28.9 Å². The van der Waals surface area contributed by atoms with Gasteiger partial charge in [0.15, 0.2) is 5.82 Å². The summed E-state index contributed by atoms with van der Waals surface area (Å²) in [5, 5.41) is 8.66. The molecule has 0 aliphatic carbocycles. The Morgan fingerprint density at radius 1 is 1.25 bits per heavy atom. The Hall–Kier alpha value is -0.810. The van der Waals surface area contributed by atoms with Gasteiger partial charge in [-0.25, -0.2) is 0 Å². The summed E-state index contributed by atoms with van der Waals surface area (Å²) in [5.41, 5.74) is 6.36. The van der Waals surface area contributed by atoms with Crippen LogP contribution in [-0.2, 0) is 6.54 Å². The summed E-state index contributed by atoms with van der Waals surface area (Å²) in [6.45, 7) is 0.320. The Kier molecular flexibility index (Phi) is 4.56. The minimum atomic E-state index is 0. The summed E-state index contributed by atoms with van der Waals surface area (Å²) in [4.78, 5) is 0. The zero-order valence-corrected chi connectivity index (χ0v) is 10.4. The van der Waals surface area contributed by atoms with E-state index in [1.165, 1.54) is 0 Å². The van der Waals surface area contributed by atoms with Crippen molar-refractivity contribution < 1.29 is 0 Å². The van der Waals surface area contributed by atoms with Crippen molar-refractivity contribution in [2.75, 3.05) is 0 Å². The second kappa shape index (κ2) is 5.50. The van der Waals surface area contributed by atoms with Crippen LogP contribution in [0.1, 0.15) is 5.82 Å². The molecular weight excluding hydrogens is 270 g/mol. The van der Waals surface area contributed by atoms with E-state index in [0.29, 0.717) is 22.4 Å². The quantitative estimate of drug-likeness (QED) is 0.918. The zero-order chi connectivity index (χ0) is 10.8. The Balaban J connectivity index is 0.00000128. The number of aromatic nitrogens is 3.